The molecule has 2 rings (SSSR count). The molecule has 2 aromatic heterocycles. The first-order valence-electron chi connectivity index (χ1n) is 7.83. The molecule has 0 aromatic carbocycles. The first-order valence-corrected chi connectivity index (χ1v) is 8.82. The van der Waals surface area contributed by atoms with Crippen LogP contribution in [0.15, 0.2) is 19.5 Å². The van der Waals surface area contributed by atoms with Crippen molar-refractivity contribution in [1.82, 2.24) is 24.3 Å². The fourth-order valence-corrected chi connectivity index (χ4v) is 3.14. The molecule has 11 nitrogen and oxygen atoms in total. The van der Waals surface area contributed by atoms with Gasteiger partial charge < -0.3 is 10.5 Å². The van der Waals surface area contributed by atoms with Crippen LogP contribution in [0.25, 0.3) is 0 Å². The lowest BCUT2D eigenvalue weighted by Gasteiger charge is -2.11. The number of rotatable bonds is 9. The van der Waals surface area contributed by atoms with Gasteiger partial charge in [-0.3, -0.25) is 23.7 Å². The van der Waals surface area contributed by atoms with Gasteiger partial charge in [-0.15, -0.1) is 5.10 Å². The average Bonchev–Trinajstić information content (AvgIpc) is 2.93. The van der Waals surface area contributed by atoms with Crippen LogP contribution in [0.1, 0.15) is 23.7 Å². The summed E-state index contributed by atoms with van der Waals surface area (Å²) >= 11 is 1.01. The summed E-state index contributed by atoms with van der Waals surface area (Å²) in [6.07, 6.45) is 0.720. The van der Waals surface area contributed by atoms with E-state index in [1.807, 2.05) is 6.92 Å². The second kappa shape index (κ2) is 8.67. The Balaban J connectivity index is 2.26. The number of aromatic nitrogens is 5. The topological polar surface area (TPSA) is 158 Å². The summed E-state index contributed by atoms with van der Waals surface area (Å²) in [4.78, 5) is 50.1. The van der Waals surface area contributed by atoms with Crippen LogP contribution in [0.2, 0.25) is 0 Å². The Morgan fingerprint density at radius 2 is 1.96 bits per heavy atom. The zero-order valence-corrected chi connectivity index (χ0v) is 15.2. The van der Waals surface area contributed by atoms with E-state index in [1.54, 1.807) is 0 Å². The Morgan fingerprint density at radius 3 is 2.62 bits per heavy atom. The van der Waals surface area contributed by atoms with Crippen LogP contribution < -0.4 is 22.7 Å². The highest BCUT2D eigenvalue weighted by molar-refractivity contribution is 7.99. The van der Waals surface area contributed by atoms with Gasteiger partial charge in [0.15, 0.2) is 10.9 Å². The number of anilines is 1. The molecule has 0 amide bonds. The van der Waals surface area contributed by atoms with Gasteiger partial charge in [-0.1, -0.05) is 18.7 Å². The van der Waals surface area contributed by atoms with E-state index in [9.17, 15) is 19.2 Å². The number of carbonyl (C=O) groups is 1. The number of nitrogens with zero attached hydrogens (tertiary/aromatic N) is 3. The molecule has 142 valence electrons. The number of methoxy groups -OCH3 is 1. The molecule has 0 aliphatic rings. The van der Waals surface area contributed by atoms with Crippen molar-refractivity contribution in [2.75, 3.05) is 25.2 Å². The van der Waals surface area contributed by atoms with E-state index >= 15 is 0 Å². The van der Waals surface area contributed by atoms with Crippen molar-refractivity contribution in [2.45, 2.75) is 31.6 Å². The highest BCUT2D eigenvalue weighted by atomic mass is 32.2. The monoisotopic (exact) mass is 384 g/mol. The third kappa shape index (κ3) is 4.14. The molecular formula is C14H20N6O5S. The van der Waals surface area contributed by atoms with Gasteiger partial charge in [-0.25, -0.2) is 14.7 Å². The van der Waals surface area contributed by atoms with Gasteiger partial charge in [0, 0.05) is 13.7 Å². The van der Waals surface area contributed by atoms with E-state index in [1.165, 1.54) is 11.7 Å². The summed E-state index contributed by atoms with van der Waals surface area (Å²) in [6, 6.07) is 0. The number of ketones is 1. The molecule has 0 aliphatic carbocycles. The van der Waals surface area contributed by atoms with Gasteiger partial charge >= 0.3 is 11.4 Å². The standard InChI is InChI=1S/C14H20N6O5S/c1-3-4-20-13(24)17-18-14(20)26-7-8(21)9-10(15)19(5-6-25-2)12(23)16-11(9)22/h3-7,15H2,1-2H3,(H,17,24)(H,16,22,23). The van der Waals surface area contributed by atoms with Gasteiger partial charge in [-0.2, -0.15) is 0 Å². The van der Waals surface area contributed by atoms with Crippen molar-refractivity contribution in [2.24, 2.45) is 0 Å². The smallest absolute Gasteiger partial charge is 0.343 e. The minimum atomic E-state index is -0.847. The van der Waals surface area contributed by atoms with E-state index in [2.05, 4.69) is 15.2 Å². The molecule has 0 bridgehead atoms. The largest absolute Gasteiger partial charge is 0.384 e. The SMILES string of the molecule is CCCn1c(SCC(=O)c2c(N)n(CCOC)c(=O)[nH]c2=O)n[nH]c1=O. The highest BCUT2D eigenvalue weighted by Gasteiger charge is 2.20. The van der Waals surface area contributed by atoms with Gasteiger partial charge in [0.1, 0.15) is 11.4 Å². The van der Waals surface area contributed by atoms with E-state index < -0.39 is 17.0 Å². The molecule has 2 aromatic rings. The number of hydrogen-bond acceptors (Lipinski definition) is 8. The molecule has 12 heteroatoms. The van der Waals surface area contributed by atoms with Gasteiger partial charge in [-0.05, 0) is 6.42 Å². The maximum Gasteiger partial charge on any atom is 0.343 e. The zero-order chi connectivity index (χ0) is 19.3. The molecule has 26 heavy (non-hydrogen) atoms. The number of carbonyl (C=O) groups excluding carboxylic acids is 1. The highest BCUT2D eigenvalue weighted by Crippen LogP contribution is 2.16. The van der Waals surface area contributed by atoms with Crippen molar-refractivity contribution in [3.05, 3.63) is 36.9 Å². The molecular weight excluding hydrogens is 364 g/mol. The Hall–Kier alpha value is -2.60. The second-order valence-corrected chi connectivity index (χ2v) is 6.28. The summed E-state index contributed by atoms with van der Waals surface area (Å²) < 4.78 is 7.37. The molecule has 2 heterocycles. The van der Waals surface area contributed by atoms with Crippen molar-refractivity contribution in [3.63, 3.8) is 0 Å². The van der Waals surface area contributed by atoms with E-state index in [-0.39, 0.29) is 36.0 Å². The number of nitrogens with one attached hydrogen (secondary N) is 2. The third-order valence-corrected chi connectivity index (χ3v) is 4.52. The molecule has 0 spiro atoms. The number of H-pyrrole nitrogens is 2. The molecule has 0 unspecified atom stereocenters. The van der Waals surface area contributed by atoms with E-state index in [0.717, 1.165) is 22.7 Å². The van der Waals surface area contributed by atoms with Crippen LogP contribution in [0, 0.1) is 0 Å². The number of aromatic amines is 2. The summed E-state index contributed by atoms with van der Waals surface area (Å²) in [6.45, 7) is 2.65. The Bertz CT molecular complexity index is 956. The van der Waals surface area contributed by atoms with Crippen molar-refractivity contribution in [1.29, 1.82) is 0 Å². The van der Waals surface area contributed by atoms with Crippen LogP contribution in [0.5, 0.6) is 0 Å². The fourth-order valence-electron chi connectivity index (χ4n) is 2.30. The summed E-state index contributed by atoms with van der Waals surface area (Å²) in [5.74, 6) is -0.947. The summed E-state index contributed by atoms with van der Waals surface area (Å²) in [5.41, 5.74) is 3.63. The third-order valence-electron chi connectivity index (χ3n) is 3.54. The van der Waals surface area contributed by atoms with Gasteiger partial charge in [0.2, 0.25) is 0 Å². The lowest BCUT2D eigenvalue weighted by atomic mass is 10.2. The van der Waals surface area contributed by atoms with Crippen LogP contribution in [0.4, 0.5) is 5.82 Å². The molecule has 0 saturated carbocycles. The van der Waals surface area contributed by atoms with Crippen LogP contribution >= 0.6 is 11.8 Å². The predicted octanol–water partition coefficient (Wildman–Crippen LogP) is -0.965. The maximum atomic E-state index is 12.5. The van der Waals surface area contributed by atoms with Gasteiger partial charge in [0.25, 0.3) is 5.56 Å². The number of thioether (sulfide) groups is 1. The van der Waals surface area contributed by atoms with E-state index in [4.69, 9.17) is 10.5 Å². The summed E-state index contributed by atoms with van der Waals surface area (Å²) in [5, 5.41) is 6.53. The molecule has 0 atom stereocenters. The molecule has 0 radical (unpaired) electrons. The lowest BCUT2D eigenvalue weighted by molar-refractivity contribution is 0.102. The summed E-state index contributed by atoms with van der Waals surface area (Å²) in [7, 11) is 1.45. The van der Waals surface area contributed by atoms with Gasteiger partial charge in [0.05, 0.1) is 18.9 Å². The Labute approximate surface area is 151 Å². The number of nitrogens with two attached hydrogens (primary N) is 1. The van der Waals surface area contributed by atoms with Crippen LogP contribution in [-0.4, -0.2) is 49.6 Å². The zero-order valence-electron chi connectivity index (χ0n) is 14.4. The first kappa shape index (κ1) is 19.7. The normalized spacial score (nSPS) is 11.0. The Kier molecular flexibility index (Phi) is 6.58. The molecule has 0 fully saturated rings. The fraction of sp³-hybridized carbons (Fsp3) is 0.500. The molecule has 4 N–H and O–H groups in total. The minimum absolute atomic E-state index is 0.0980. The lowest BCUT2D eigenvalue weighted by Crippen LogP contribution is -2.37. The number of nitrogen functional groups attached to an aromatic ring is 1. The molecule has 0 aliphatic heterocycles. The first-order chi connectivity index (χ1) is 12.4. The number of hydrogen-bond donors (Lipinski definition) is 3. The number of Topliss-reactive ketones (excluding diaryl/α,β-unsaturated/α-hetero) is 1. The maximum absolute atomic E-state index is 12.5. The van der Waals surface area contributed by atoms with Crippen LogP contribution in [-0.2, 0) is 17.8 Å². The minimum Gasteiger partial charge on any atom is -0.384 e. The quantitative estimate of drug-likeness (QED) is 0.368. The van der Waals surface area contributed by atoms with Crippen LogP contribution in [0.3, 0.4) is 0 Å². The van der Waals surface area contributed by atoms with Crippen molar-refractivity contribution >= 4 is 23.4 Å². The predicted molar refractivity (Wildman–Crippen MR) is 95.8 cm³/mol. The second-order valence-electron chi connectivity index (χ2n) is 5.34. The van der Waals surface area contributed by atoms with E-state index in [0.29, 0.717) is 11.7 Å². The average molecular weight is 384 g/mol. The number of ether oxygens (including phenoxy) is 1. The van der Waals surface area contributed by atoms with Crippen molar-refractivity contribution < 1.29 is 9.53 Å². The Morgan fingerprint density at radius 1 is 1.23 bits per heavy atom. The van der Waals surface area contributed by atoms with Crippen molar-refractivity contribution in [3.8, 4) is 0 Å². The molecule has 0 saturated heterocycles.